The Morgan fingerprint density at radius 2 is 2.04 bits per heavy atom. The van der Waals surface area contributed by atoms with Gasteiger partial charge in [-0.1, -0.05) is 18.2 Å². The van der Waals surface area contributed by atoms with Gasteiger partial charge in [0.2, 0.25) is 5.91 Å². The Bertz CT molecular complexity index is 814. The molecular weight excluding hydrogens is 362 g/mol. The molecule has 4 rings (SSSR count). The fraction of sp³-hybridized carbons (Fsp3) is 0.176. The standard InChI is InChI=1S/C17H13NO3S3/c19-14-8-15-18(14)9-12(16(20)21)17(24-15)23-11-5-3-10(4-6-11)13-2-1-7-22-13/h1-7,9,15,17H,8H2,(H,20,21)/t15-,17?/m1/s1. The number of rotatable bonds is 4. The highest BCUT2D eigenvalue weighted by molar-refractivity contribution is 8.17. The number of hydrogen-bond donors (Lipinski definition) is 1. The van der Waals surface area contributed by atoms with E-state index in [9.17, 15) is 14.7 Å². The van der Waals surface area contributed by atoms with Crippen LogP contribution in [0.2, 0.25) is 0 Å². The van der Waals surface area contributed by atoms with Crippen molar-refractivity contribution in [3.8, 4) is 10.4 Å². The Balaban J connectivity index is 1.53. The first-order chi connectivity index (χ1) is 11.6. The van der Waals surface area contributed by atoms with E-state index in [2.05, 4.69) is 18.2 Å². The predicted molar refractivity (Wildman–Crippen MR) is 98.0 cm³/mol. The summed E-state index contributed by atoms with van der Waals surface area (Å²) in [6.07, 6.45) is 2.00. The smallest absolute Gasteiger partial charge is 0.335 e. The Labute approximate surface area is 151 Å². The molecule has 2 aliphatic heterocycles. The summed E-state index contributed by atoms with van der Waals surface area (Å²) in [5.74, 6) is -0.969. The lowest BCUT2D eigenvalue weighted by molar-refractivity contribution is -0.137. The summed E-state index contributed by atoms with van der Waals surface area (Å²) >= 11 is 4.76. The first-order valence-electron chi connectivity index (χ1n) is 7.34. The van der Waals surface area contributed by atoms with E-state index in [1.807, 2.05) is 23.6 Å². The zero-order valence-electron chi connectivity index (χ0n) is 12.4. The van der Waals surface area contributed by atoms with Crippen LogP contribution in [-0.4, -0.2) is 31.8 Å². The summed E-state index contributed by atoms with van der Waals surface area (Å²) in [7, 11) is 0. The third-order valence-electron chi connectivity index (χ3n) is 3.91. The van der Waals surface area contributed by atoms with Crippen LogP contribution in [0.4, 0.5) is 0 Å². The number of amides is 1. The Kier molecular flexibility index (Phi) is 4.15. The molecule has 122 valence electrons. The number of thioether (sulfide) groups is 2. The number of fused-ring (bicyclic) bond motifs is 1. The normalized spacial score (nSPS) is 22.6. The maximum Gasteiger partial charge on any atom is 0.335 e. The van der Waals surface area contributed by atoms with E-state index in [-0.39, 0.29) is 21.4 Å². The van der Waals surface area contributed by atoms with E-state index in [0.717, 1.165) is 10.5 Å². The van der Waals surface area contributed by atoms with Crippen LogP contribution in [0.15, 0.2) is 58.4 Å². The molecule has 7 heteroatoms. The highest BCUT2D eigenvalue weighted by atomic mass is 32.2. The second-order valence-electron chi connectivity index (χ2n) is 5.44. The van der Waals surface area contributed by atoms with Gasteiger partial charge in [0.05, 0.1) is 21.9 Å². The number of aliphatic carboxylic acids is 1. The molecule has 24 heavy (non-hydrogen) atoms. The van der Waals surface area contributed by atoms with Crippen molar-refractivity contribution in [3.05, 3.63) is 53.6 Å². The molecule has 0 radical (unpaired) electrons. The van der Waals surface area contributed by atoms with Crippen molar-refractivity contribution >= 4 is 46.7 Å². The van der Waals surface area contributed by atoms with Gasteiger partial charge in [0.25, 0.3) is 0 Å². The van der Waals surface area contributed by atoms with Gasteiger partial charge < -0.3 is 10.0 Å². The van der Waals surface area contributed by atoms with E-state index in [0.29, 0.717) is 6.42 Å². The number of β-lactam (4-membered cyclic amide) rings is 1. The van der Waals surface area contributed by atoms with Crippen molar-refractivity contribution in [1.29, 1.82) is 0 Å². The van der Waals surface area contributed by atoms with Gasteiger partial charge in [0.1, 0.15) is 0 Å². The second-order valence-corrected chi connectivity index (χ2v) is 9.15. The Morgan fingerprint density at radius 1 is 1.25 bits per heavy atom. The van der Waals surface area contributed by atoms with Crippen molar-refractivity contribution in [2.75, 3.05) is 0 Å². The molecule has 2 atom stereocenters. The molecule has 0 spiro atoms. The monoisotopic (exact) mass is 375 g/mol. The van der Waals surface area contributed by atoms with Gasteiger partial charge in [0, 0.05) is 16.0 Å². The molecule has 3 heterocycles. The van der Waals surface area contributed by atoms with Crippen LogP contribution in [0.3, 0.4) is 0 Å². The predicted octanol–water partition coefficient (Wildman–Crippen LogP) is 4.11. The lowest BCUT2D eigenvalue weighted by atomic mass is 10.2. The molecule has 2 aromatic rings. The highest BCUT2D eigenvalue weighted by Gasteiger charge is 2.43. The number of nitrogens with zero attached hydrogens (tertiary/aromatic N) is 1. The highest BCUT2D eigenvalue weighted by Crippen LogP contribution is 2.46. The fourth-order valence-electron chi connectivity index (χ4n) is 2.61. The Morgan fingerprint density at radius 3 is 2.67 bits per heavy atom. The largest absolute Gasteiger partial charge is 0.478 e. The van der Waals surface area contributed by atoms with Crippen LogP contribution in [0, 0.1) is 0 Å². The lowest BCUT2D eigenvalue weighted by Gasteiger charge is -2.43. The first kappa shape index (κ1) is 15.8. The maximum absolute atomic E-state index is 11.5. The minimum atomic E-state index is -0.964. The first-order valence-corrected chi connectivity index (χ1v) is 10.0. The second kappa shape index (κ2) is 6.31. The number of carbonyl (C=O) groups excluding carboxylic acids is 1. The van der Waals surface area contributed by atoms with Crippen molar-refractivity contribution in [1.82, 2.24) is 4.90 Å². The number of thiophene rings is 1. The van der Waals surface area contributed by atoms with Gasteiger partial charge in [-0.05, 0) is 29.1 Å². The molecule has 0 aliphatic carbocycles. The van der Waals surface area contributed by atoms with Crippen molar-refractivity contribution in [3.63, 3.8) is 0 Å². The van der Waals surface area contributed by atoms with E-state index in [1.54, 1.807) is 11.3 Å². The number of hydrogen-bond acceptors (Lipinski definition) is 5. The molecular formula is C17H13NO3S3. The molecule has 1 saturated heterocycles. The molecule has 1 aromatic heterocycles. The average Bonchev–Trinajstić information content (AvgIpc) is 3.09. The molecule has 1 N–H and O–H groups in total. The average molecular weight is 375 g/mol. The van der Waals surface area contributed by atoms with Gasteiger partial charge in [-0.25, -0.2) is 4.79 Å². The minimum absolute atomic E-state index is 0.00463. The zero-order valence-corrected chi connectivity index (χ0v) is 14.9. The number of carboxylic acid groups (broad SMARTS) is 1. The van der Waals surface area contributed by atoms with E-state index in [1.165, 1.54) is 39.5 Å². The summed E-state index contributed by atoms with van der Waals surface area (Å²) in [4.78, 5) is 26.8. The van der Waals surface area contributed by atoms with E-state index < -0.39 is 5.97 Å². The summed E-state index contributed by atoms with van der Waals surface area (Å²) in [6.45, 7) is 0. The molecule has 1 amide bonds. The SMILES string of the molecule is O=C(O)C1=CN2C(=O)C[C@H]2SC1Sc1ccc(-c2cccs2)cc1. The number of benzene rings is 1. The molecule has 1 unspecified atom stereocenters. The number of carboxylic acids is 1. The molecule has 2 aliphatic rings. The third-order valence-corrected chi connectivity index (χ3v) is 7.67. The van der Waals surface area contributed by atoms with Gasteiger partial charge in [-0.15, -0.1) is 34.9 Å². The molecule has 1 aromatic carbocycles. The topological polar surface area (TPSA) is 57.6 Å². The van der Waals surface area contributed by atoms with Crippen LogP contribution < -0.4 is 0 Å². The van der Waals surface area contributed by atoms with Crippen molar-refractivity contribution in [2.24, 2.45) is 0 Å². The van der Waals surface area contributed by atoms with Gasteiger partial charge in [-0.3, -0.25) is 4.79 Å². The fourth-order valence-corrected chi connectivity index (χ4v) is 6.25. The Hall–Kier alpha value is -1.70. The summed E-state index contributed by atoms with van der Waals surface area (Å²) in [5.41, 5.74) is 1.44. The third kappa shape index (κ3) is 2.87. The van der Waals surface area contributed by atoms with Crippen LogP contribution in [-0.2, 0) is 9.59 Å². The molecule has 1 fully saturated rings. The molecule has 0 bridgehead atoms. The lowest BCUT2D eigenvalue weighted by Crippen LogP contribution is -2.50. The van der Waals surface area contributed by atoms with Gasteiger partial charge in [0.15, 0.2) is 0 Å². The summed E-state index contributed by atoms with van der Waals surface area (Å²) in [5, 5.41) is 11.6. The van der Waals surface area contributed by atoms with E-state index in [4.69, 9.17) is 0 Å². The van der Waals surface area contributed by atoms with Crippen molar-refractivity contribution < 1.29 is 14.7 Å². The molecule has 4 nitrogen and oxygen atoms in total. The maximum atomic E-state index is 11.5. The summed E-state index contributed by atoms with van der Waals surface area (Å²) in [6, 6.07) is 12.3. The van der Waals surface area contributed by atoms with E-state index >= 15 is 0 Å². The zero-order chi connectivity index (χ0) is 16.7. The van der Waals surface area contributed by atoms with Gasteiger partial charge in [-0.2, -0.15) is 0 Å². The van der Waals surface area contributed by atoms with Gasteiger partial charge >= 0.3 is 5.97 Å². The minimum Gasteiger partial charge on any atom is -0.478 e. The summed E-state index contributed by atoms with van der Waals surface area (Å²) < 4.78 is -0.204. The van der Waals surface area contributed by atoms with Crippen LogP contribution in [0.25, 0.3) is 10.4 Å². The van der Waals surface area contributed by atoms with Crippen molar-refractivity contribution in [2.45, 2.75) is 21.3 Å². The van der Waals surface area contributed by atoms with Crippen LogP contribution >= 0.6 is 34.9 Å². The van der Waals surface area contributed by atoms with Crippen LogP contribution in [0.1, 0.15) is 6.42 Å². The quantitative estimate of drug-likeness (QED) is 0.815. The molecule has 0 saturated carbocycles. The van der Waals surface area contributed by atoms with Crippen LogP contribution in [0.5, 0.6) is 0 Å². The number of carbonyl (C=O) groups is 2.